The number of hydrogen-bond donors (Lipinski definition) is 0. The molecule has 19 heavy (non-hydrogen) atoms. The van der Waals surface area contributed by atoms with Crippen LogP contribution in [0.5, 0.6) is 0 Å². The highest BCUT2D eigenvalue weighted by Crippen LogP contribution is 2.37. The van der Waals surface area contributed by atoms with Gasteiger partial charge in [-0.2, -0.15) is 0 Å². The number of fused-ring (bicyclic) bond motifs is 1. The van der Waals surface area contributed by atoms with Crippen LogP contribution in [0.2, 0.25) is 5.02 Å². The third-order valence-electron chi connectivity index (χ3n) is 3.05. The van der Waals surface area contributed by atoms with Crippen LogP contribution in [-0.4, -0.2) is 18.2 Å². The number of nitrogens with zero attached hydrogens (tertiary/aromatic N) is 1. The number of thioether (sulfide) groups is 1. The molecule has 0 bridgehead atoms. The summed E-state index contributed by atoms with van der Waals surface area (Å²) >= 11 is 7.81. The molecule has 0 spiro atoms. The summed E-state index contributed by atoms with van der Waals surface area (Å²) < 4.78 is 0. The summed E-state index contributed by atoms with van der Waals surface area (Å²) in [5.74, 6) is 0.942. The predicted molar refractivity (Wildman–Crippen MR) is 80.3 cm³/mol. The highest BCUT2D eigenvalue weighted by atomic mass is 35.5. The van der Waals surface area contributed by atoms with E-state index in [2.05, 4.69) is 0 Å². The summed E-state index contributed by atoms with van der Waals surface area (Å²) in [5, 5.41) is 0.659. The molecule has 2 aromatic rings. The van der Waals surface area contributed by atoms with Gasteiger partial charge in [0.05, 0.1) is 5.69 Å². The van der Waals surface area contributed by atoms with Crippen LogP contribution in [0, 0.1) is 0 Å². The van der Waals surface area contributed by atoms with Gasteiger partial charge in [0, 0.05) is 27.8 Å². The van der Waals surface area contributed by atoms with Crippen LogP contribution >= 0.6 is 23.4 Å². The van der Waals surface area contributed by atoms with Crippen molar-refractivity contribution in [2.45, 2.75) is 4.90 Å². The molecule has 0 aliphatic carbocycles. The van der Waals surface area contributed by atoms with Gasteiger partial charge < -0.3 is 4.90 Å². The highest BCUT2D eigenvalue weighted by molar-refractivity contribution is 7.99. The zero-order valence-electron chi connectivity index (χ0n) is 10.2. The molecule has 0 unspecified atom stereocenters. The zero-order chi connectivity index (χ0) is 13.2. The van der Waals surface area contributed by atoms with E-state index in [-0.39, 0.29) is 5.91 Å². The SMILES string of the molecule is O=C(c1ccccc1)N1CCSc2ccc(Cl)cc21. The molecule has 1 aliphatic heterocycles. The van der Waals surface area contributed by atoms with E-state index in [1.807, 2.05) is 53.4 Å². The Bertz CT molecular complexity index is 615. The van der Waals surface area contributed by atoms with Crippen LogP contribution in [0.3, 0.4) is 0 Å². The smallest absolute Gasteiger partial charge is 0.258 e. The minimum Gasteiger partial charge on any atom is -0.306 e. The first kappa shape index (κ1) is 12.6. The minimum absolute atomic E-state index is 0.0319. The van der Waals surface area contributed by atoms with E-state index in [0.717, 1.165) is 16.3 Å². The van der Waals surface area contributed by atoms with E-state index >= 15 is 0 Å². The first-order valence-electron chi connectivity index (χ1n) is 6.05. The van der Waals surface area contributed by atoms with Crippen LogP contribution in [-0.2, 0) is 0 Å². The Morgan fingerprint density at radius 1 is 1.16 bits per heavy atom. The van der Waals surface area contributed by atoms with Gasteiger partial charge >= 0.3 is 0 Å². The van der Waals surface area contributed by atoms with Gasteiger partial charge in [0.25, 0.3) is 5.91 Å². The molecule has 0 saturated heterocycles. The third kappa shape index (κ3) is 2.48. The quantitative estimate of drug-likeness (QED) is 0.788. The van der Waals surface area contributed by atoms with Gasteiger partial charge in [-0.25, -0.2) is 0 Å². The number of amides is 1. The molecule has 2 nitrogen and oxygen atoms in total. The van der Waals surface area contributed by atoms with Crippen molar-refractivity contribution in [2.24, 2.45) is 0 Å². The van der Waals surface area contributed by atoms with Crippen molar-refractivity contribution in [2.75, 3.05) is 17.2 Å². The van der Waals surface area contributed by atoms with Crippen LogP contribution in [0.4, 0.5) is 5.69 Å². The van der Waals surface area contributed by atoms with Gasteiger partial charge in [0.1, 0.15) is 0 Å². The standard InChI is InChI=1S/C15H12ClNOS/c16-12-6-7-14-13(10-12)17(8-9-19-14)15(18)11-4-2-1-3-5-11/h1-7,10H,8-9H2. The molecular weight excluding hydrogens is 278 g/mol. The average Bonchev–Trinajstić information content (AvgIpc) is 2.47. The number of carbonyl (C=O) groups excluding carboxylic acids is 1. The molecule has 1 amide bonds. The molecule has 0 N–H and O–H groups in total. The van der Waals surface area contributed by atoms with Crippen molar-refractivity contribution in [3.05, 3.63) is 59.1 Å². The Morgan fingerprint density at radius 3 is 2.74 bits per heavy atom. The van der Waals surface area contributed by atoms with Crippen molar-refractivity contribution in [1.29, 1.82) is 0 Å². The van der Waals surface area contributed by atoms with Crippen LogP contribution in [0.25, 0.3) is 0 Å². The minimum atomic E-state index is 0.0319. The number of halogens is 1. The summed E-state index contributed by atoms with van der Waals surface area (Å²) in [6.45, 7) is 0.714. The summed E-state index contributed by atoms with van der Waals surface area (Å²) in [7, 11) is 0. The van der Waals surface area contributed by atoms with E-state index in [1.165, 1.54) is 0 Å². The lowest BCUT2D eigenvalue weighted by atomic mass is 10.2. The molecule has 0 saturated carbocycles. The number of rotatable bonds is 1. The summed E-state index contributed by atoms with van der Waals surface area (Å²) in [6, 6.07) is 15.1. The van der Waals surface area contributed by atoms with Gasteiger partial charge in [-0.1, -0.05) is 29.8 Å². The second-order valence-corrected chi connectivity index (χ2v) is 5.86. The maximum absolute atomic E-state index is 12.5. The summed E-state index contributed by atoms with van der Waals surface area (Å²) in [4.78, 5) is 15.5. The largest absolute Gasteiger partial charge is 0.306 e. The second-order valence-electron chi connectivity index (χ2n) is 4.28. The molecule has 4 heteroatoms. The van der Waals surface area contributed by atoms with E-state index in [0.29, 0.717) is 17.1 Å². The maximum atomic E-state index is 12.5. The lowest BCUT2D eigenvalue weighted by molar-refractivity contribution is 0.0987. The molecular formula is C15H12ClNOS. The first-order valence-corrected chi connectivity index (χ1v) is 7.41. The molecule has 3 rings (SSSR count). The fourth-order valence-corrected chi connectivity index (χ4v) is 3.28. The van der Waals surface area contributed by atoms with E-state index in [4.69, 9.17) is 11.6 Å². The lowest BCUT2D eigenvalue weighted by Gasteiger charge is -2.29. The Hall–Kier alpha value is -1.45. The number of carbonyl (C=O) groups is 1. The van der Waals surface area contributed by atoms with E-state index < -0.39 is 0 Å². The van der Waals surface area contributed by atoms with Crippen LogP contribution in [0.15, 0.2) is 53.4 Å². The summed E-state index contributed by atoms with van der Waals surface area (Å²) in [6.07, 6.45) is 0. The number of hydrogen-bond acceptors (Lipinski definition) is 2. The van der Waals surface area contributed by atoms with E-state index in [9.17, 15) is 4.79 Å². The molecule has 0 fully saturated rings. The molecule has 1 aliphatic rings. The van der Waals surface area contributed by atoms with Gasteiger partial charge in [0.15, 0.2) is 0 Å². The maximum Gasteiger partial charge on any atom is 0.258 e. The van der Waals surface area contributed by atoms with Gasteiger partial charge in [-0.15, -0.1) is 11.8 Å². The molecule has 0 aromatic heterocycles. The molecule has 0 radical (unpaired) electrons. The van der Waals surface area contributed by atoms with E-state index in [1.54, 1.807) is 11.8 Å². The third-order valence-corrected chi connectivity index (χ3v) is 4.33. The fraction of sp³-hybridized carbons (Fsp3) is 0.133. The molecule has 0 atom stereocenters. The van der Waals surface area contributed by atoms with Crippen molar-refractivity contribution in [3.8, 4) is 0 Å². The molecule has 1 heterocycles. The first-order chi connectivity index (χ1) is 9.25. The number of anilines is 1. The van der Waals surface area contributed by atoms with Gasteiger partial charge in [0.2, 0.25) is 0 Å². The number of benzene rings is 2. The highest BCUT2D eigenvalue weighted by Gasteiger charge is 2.24. The lowest BCUT2D eigenvalue weighted by Crippen LogP contribution is -2.35. The van der Waals surface area contributed by atoms with Crippen molar-refractivity contribution < 1.29 is 4.79 Å². The average molecular weight is 290 g/mol. The van der Waals surface area contributed by atoms with Crippen molar-refractivity contribution >= 4 is 35.0 Å². The Kier molecular flexibility index (Phi) is 3.49. The fourth-order valence-electron chi connectivity index (χ4n) is 2.14. The molecule has 96 valence electrons. The van der Waals surface area contributed by atoms with Gasteiger partial charge in [-0.3, -0.25) is 4.79 Å². The van der Waals surface area contributed by atoms with Gasteiger partial charge in [-0.05, 0) is 30.3 Å². The van der Waals surface area contributed by atoms with Crippen molar-refractivity contribution in [1.82, 2.24) is 0 Å². The monoisotopic (exact) mass is 289 g/mol. The van der Waals surface area contributed by atoms with Crippen LogP contribution in [0.1, 0.15) is 10.4 Å². The predicted octanol–water partition coefficient (Wildman–Crippen LogP) is 4.09. The second kappa shape index (κ2) is 5.27. The Morgan fingerprint density at radius 2 is 1.95 bits per heavy atom. The Labute approximate surface area is 121 Å². The Balaban J connectivity index is 2.00. The molecule has 2 aromatic carbocycles. The van der Waals surface area contributed by atoms with Crippen LogP contribution < -0.4 is 4.90 Å². The zero-order valence-corrected chi connectivity index (χ0v) is 11.7. The summed E-state index contributed by atoms with van der Waals surface area (Å²) in [5.41, 5.74) is 1.62. The van der Waals surface area contributed by atoms with Crippen molar-refractivity contribution in [3.63, 3.8) is 0 Å². The topological polar surface area (TPSA) is 20.3 Å². The normalized spacial score (nSPS) is 14.1.